The Morgan fingerprint density at radius 2 is 1.83 bits per heavy atom. The molecule has 2 rings (SSSR count). The highest BCUT2D eigenvalue weighted by molar-refractivity contribution is 6.32. The van der Waals surface area contributed by atoms with Crippen molar-refractivity contribution < 1.29 is 19.7 Å². The molecule has 122 valence electrons. The molecule has 5 heteroatoms. The fraction of sp³-hybridized carbons (Fsp3) is 0.278. The predicted octanol–water partition coefficient (Wildman–Crippen LogP) is 4.24. The van der Waals surface area contributed by atoms with Gasteiger partial charge in [0.05, 0.1) is 17.0 Å². The highest BCUT2D eigenvalue weighted by atomic mass is 35.5. The van der Waals surface area contributed by atoms with Crippen LogP contribution in [0.15, 0.2) is 42.5 Å². The number of aromatic hydroxyl groups is 1. The third-order valence-electron chi connectivity index (χ3n) is 3.39. The minimum absolute atomic E-state index is 0.0158. The van der Waals surface area contributed by atoms with E-state index in [9.17, 15) is 15.0 Å². The number of carboxylic acids is 1. The Kier molecular flexibility index (Phi) is 5.50. The minimum atomic E-state index is -0.922. The van der Waals surface area contributed by atoms with E-state index in [1.54, 1.807) is 24.3 Å². The third kappa shape index (κ3) is 4.63. The van der Waals surface area contributed by atoms with Crippen molar-refractivity contribution >= 4 is 17.6 Å². The summed E-state index contributed by atoms with van der Waals surface area (Å²) >= 11 is 6.20. The van der Waals surface area contributed by atoms with Crippen LogP contribution in [-0.2, 0) is 11.2 Å². The Balaban J connectivity index is 2.22. The molecule has 0 saturated heterocycles. The molecule has 0 amide bonds. The quantitative estimate of drug-likeness (QED) is 0.829. The fourth-order valence-corrected chi connectivity index (χ4v) is 2.56. The van der Waals surface area contributed by atoms with Gasteiger partial charge >= 0.3 is 5.97 Å². The van der Waals surface area contributed by atoms with Crippen LogP contribution in [0.4, 0.5) is 0 Å². The van der Waals surface area contributed by atoms with Crippen LogP contribution in [0.1, 0.15) is 30.9 Å². The Labute approximate surface area is 140 Å². The van der Waals surface area contributed by atoms with Crippen LogP contribution in [0, 0.1) is 0 Å². The molecule has 0 aliphatic rings. The Bertz CT molecular complexity index is 680. The summed E-state index contributed by atoms with van der Waals surface area (Å²) in [5.41, 5.74) is 1.44. The number of halogens is 1. The van der Waals surface area contributed by atoms with Crippen LogP contribution < -0.4 is 4.74 Å². The maximum atomic E-state index is 11.6. The molecule has 0 saturated carbocycles. The Hall–Kier alpha value is -2.20. The van der Waals surface area contributed by atoms with Crippen molar-refractivity contribution in [1.29, 1.82) is 0 Å². The molecule has 23 heavy (non-hydrogen) atoms. The average molecular weight is 335 g/mol. The van der Waals surface area contributed by atoms with Gasteiger partial charge in [0, 0.05) is 0 Å². The molecular weight excluding hydrogens is 316 g/mol. The monoisotopic (exact) mass is 334 g/mol. The van der Waals surface area contributed by atoms with E-state index in [4.69, 9.17) is 16.3 Å². The van der Waals surface area contributed by atoms with Crippen LogP contribution in [0.25, 0.3) is 0 Å². The van der Waals surface area contributed by atoms with Gasteiger partial charge < -0.3 is 14.9 Å². The molecule has 0 aliphatic carbocycles. The van der Waals surface area contributed by atoms with Gasteiger partial charge in [-0.15, -0.1) is 0 Å². The molecule has 1 unspecified atom stereocenters. The predicted molar refractivity (Wildman–Crippen MR) is 89.4 cm³/mol. The highest BCUT2D eigenvalue weighted by Crippen LogP contribution is 2.29. The standard InChI is InChI=1S/C18H19ClO4/c1-11(2)23-17-8-3-12(10-16(17)19)9-15(18(21)22)13-4-6-14(20)7-5-13/h3-8,10-11,15,20H,9H2,1-2H3,(H,21,22). The van der Waals surface area contributed by atoms with Gasteiger partial charge in [-0.1, -0.05) is 29.8 Å². The number of hydrogen-bond donors (Lipinski definition) is 2. The van der Waals surface area contributed by atoms with Crippen LogP contribution in [0.2, 0.25) is 5.02 Å². The first-order valence-corrected chi connectivity index (χ1v) is 7.71. The highest BCUT2D eigenvalue weighted by Gasteiger charge is 2.21. The number of aliphatic carboxylic acids is 1. The van der Waals surface area contributed by atoms with Gasteiger partial charge in [-0.25, -0.2) is 0 Å². The SMILES string of the molecule is CC(C)Oc1ccc(CC(C(=O)O)c2ccc(O)cc2)cc1Cl. The van der Waals surface area contributed by atoms with Gasteiger partial charge in [0.1, 0.15) is 11.5 Å². The van der Waals surface area contributed by atoms with Gasteiger partial charge in [-0.2, -0.15) is 0 Å². The zero-order valence-electron chi connectivity index (χ0n) is 13.0. The molecule has 2 N–H and O–H groups in total. The van der Waals surface area contributed by atoms with Crippen molar-refractivity contribution in [2.24, 2.45) is 0 Å². The van der Waals surface area contributed by atoms with E-state index in [1.807, 2.05) is 19.9 Å². The summed E-state index contributed by atoms with van der Waals surface area (Å²) < 4.78 is 5.57. The number of benzene rings is 2. The van der Waals surface area contributed by atoms with Crippen molar-refractivity contribution in [3.05, 3.63) is 58.6 Å². The number of carboxylic acid groups (broad SMARTS) is 1. The number of phenols is 1. The van der Waals surface area contributed by atoms with Gasteiger partial charge in [-0.3, -0.25) is 4.79 Å². The maximum absolute atomic E-state index is 11.6. The van der Waals surface area contributed by atoms with Crippen molar-refractivity contribution in [1.82, 2.24) is 0 Å². The summed E-state index contributed by atoms with van der Waals surface area (Å²) in [5.74, 6) is -0.934. The minimum Gasteiger partial charge on any atom is -0.508 e. The fourth-order valence-electron chi connectivity index (χ4n) is 2.31. The molecule has 0 bridgehead atoms. The molecule has 2 aromatic carbocycles. The topological polar surface area (TPSA) is 66.8 Å². The van der Waals surface area contributed by atoms with Crippen molar-refractivity contribution in [3.8, 4) is 11.5 Å². The normalized spacial score (nSPS) is 12.2. The summed E-state index contributed by atoms with van der Waals surface area (Å²) in [6.45, 7) is 3.82. The van der Waals surface area contributed by atoms with E-state index in [1.165, 1.54) is 12.1 Å². The summed E-state index contributed by atoms with van der Waals surface area (Å²) in [7, 11) is 0. The van der Waals surface area contributed by atoms with Crippen LogP contribution in [0.3, 0.4) is 0 Å². The van der Waals surface area contributed by atoms with Gasteiger partial charge in [0.15, 0.2) is 0 Å². The average Bonchev–Trinajstić information content (AvgIpc) is 2.48. The van der Waals surface area contributed by atoms with Gasteiger partial charge in [0.2, 0.25) is 0 Å². The lowest BCUT2D eigenvalue weighted by molar-refractivity contribution is -0.138. The van der Waals surface area contributed by atoms with E-state index in [0.717, 1.165) is 5.56 Å². The van der Waals surface area contributed by atoms with Crippen LogP contribution >= 0.6 is 11.6 Å². The maximum Gasteiger partial charge on any atom is 0.311 e. The molecule has 0 fully saturated rings. The zero-order chi connectivity index (χ0) is 17.0. The second kappa shape index (κ2) is 7.38. The number of hydrogen-bond acceptors (Lipinski definition) is 3. The van der Waals surface area contributed by atoms with Crippen LogP contribution in [0.5, 0.6) is 11.5 Å². The summed E-state index contributed by atoms with van der Waals surface area (Å²) in [6.07, 6.45) is 0.323. The Morgan fingerprint density at radius 1 is 1.17 bits per heavy atom. The molecule has 0 spiro atoms. The van der Waals surface area contributed by atoms with Crippen LogP contribution in [-0.4, -0.2) is 22.3 Å². The van der Waals surface area contributed by atoms with Crippen molar-refractivity contribution in [2.75, 3.05) is 0 Å². The molecule has 4 nitrogen and oxygen atoms in total. The number of ether oxygens (including phenoxy) is 1. The lowest BCUT2D eigenvalue weighted by Crippen LogP contribution is -2.14. The van der Waals surface area contributed by atoms with Crippen molar-refractivity contribution in [3.63, 3.8) is 0 Å². The molecular formula is C18H19ClO4. The second-order valence-electron chi connectivity index (χ2n) is 5.62. The molecule has 1 atom stereocenters. The molecule has 0 aromatic heterocycles. The molecule has 2 aromatic rings. The van der Waals surface area contributed by atoms with E-state index in [0.29, 0.717) is 22.8 Å². The molecule has 0 radical (unpaired) electrons. The molecule has 0 heterocycles. The second-order valence-corrected chi connectivity index (χ2v) is 6.03. The first kappa shape index (κ1) is 17.2. The summed E-state index contributed by atoms with van der Waals surface area (Å²) in [4.78, 5) is 11.6. The number of carbonyl (C=O) groups is 1. The smallest absolute Gasteiger partial charge is 0.311 e. The zero-order valence-corrected chi connectivity index (χ0v) is 13.7. The van der Waals surface area contributed by atoms with E-state index >= 15 is 0 Å². The summed E-state index contributed by atoms with van der Waals surface area (Å²) in [5, 5.41) is 19.3. The summed E-state index contributed by atoms with van der Waals surface area (Å²) in [6, 6.07) is 11.5. The van der Waals surface area contributed by atoms with E-state index in [-0.39, 0.29) is 11.9 Å². The lowest BCUT2D eigenvalue weighted by atomic mass is 9.92. The first-order valence-electron chi connectivity index (χ1n) is 7.33. The van der Waals surface area contributed by atoms with E-state index < -0.39 is 11.9 Å². The van der Waals surface area contributed by atoms with Crippen molar-refractivity contribution in [2.45, 2.75) is 32.3 Å². The molecule has 0 aliphatic heterocycles. The first-order chi connectivity index (χ1) is 10.9. The largest absolute Gasteiger partial charge is 0.508 e. The Morgan fingerprint density at radius 3 is 2.35 bits per heavy atom. The van der Waals surface area contributed by atoms with Gasteiger partial charge in [-0.05, 0) is 55.7 Å². The van der Waals surface area contributed by atoms with E-state index in [2.05, 4.69) is 0 Å². The number of phenolic OH excluding ortho intramolecular Hbond substituents is 1. The van der Waals surface area contributed by atoms with Gasteiger partial charge in [0.25, 0.3) is 0 Å². The third-order valence-corrected chi connectivity index (χ3v) is 3.69. The lowest BCUT2D eigenvalue weighted by Gasteiger charge is -2.15. The number of rotatable bonds is 6.